The fraction of sp³-hybridized carbons (Fsp3) is 0.250. The zero-order valence-electron chi connectivity index (χ0n) is 8.76. The Labute approximate surface area is 91.3 Å². The molecule has 16 heavy (non-hydrogen) atoms. The minimum Gasteiger partial charge on any atom is -0.360 e. The van der Waals surface area contributed by atoms with Crippen molar-refractivity contribution in [2.45, 2.75) is 19.8 Å². The predicted molar refractivity (Wildman–Crippen MR) is 58.0 cm³/mol. The Hall–Kier alpha value is -1.71. The van der Waals surface area contributed by atoms with Gasteiger partial charge in [-0.25, -0.2) is 8.78 Å². The van der Waals surface area contributed by atoms with Gasteiger partial charge in [-0.05, 0) is 12.0 Å². The molecule has 0 bridgehead atoms. The van der Waals surface area contributed by atoms with Crippen molar-refractivity contribution in [2.75, 3.05) is 0 Å². The third-order valence-corrected chi connectivity index (χ3v) is 2.65. The summed E-state index contributed by atoms with van der Waals surface area (Å²) in [6.07, 6.45) is -0.803. The lowest BCUT2D eigenvalue weighted by molar-refractivity contribution is 0.0680. The number of fused-ring (bicyclic) bond motifs is 1. The van der Waals surface area contributed by atoms with Crippen molar-refractivity contribution in [3.05, 3.63) is 35.5 Å². The molecule has 1 aromatic heterocycles. The minimum absolute atomic E-state index is 0.0697. The fourth-order valence-corrected chi connectivity index (χ4v) is 1.83. The largest absolute Gasteiger partial charge is 0.360 e. The summed E-state index contributed by atoms with van der Waals surface area (Å²) in [5, 5.41) is 0.574. The lowest BCUT2D eigenvalue weighted by Crippen LogP contribution is -2.09. The van der Waals surface area contributed by atoms with Crippen LogP contribution in [0.15, 0.2) is 24.4 Å². The zero-order valence-corrected chi connectivity index (χ0v) is 8.76. The van der Waals surface area contributed by atoms with Crippen molar-refractivity contribution in [2.24, 2.45) is 0 Å². The number of ketones is 1. The lowest BCUT2D eigenvalue weighted by atomic mass is 10.1. The van der Waals surface area contributed by atoms with Crippen molar-refractivity contribution >= 4 is 16.7 Å². The SMILES string of the molecule is CCc1cccc2c(C(=O)C(F)F)c[nH]c12. The highest BCUT2D eigenvalue weighted by Gasteiger charge is 2.21. The first-order valence-corrected chi connectivity index (χ1v) is 5.06. The lowest BCUT2D eigenvalue weighted by Gasteiger charge is -2.00. The molecule has 4 heteroatoms. The van der Waals surface area contributed by atoms with Crippen LogP contribution in [-0.4, -0.2) is 17.2 Å². The maximum absolute atomic E-state index is 12.3. The minimum atomic E-state index is -2.95. The number of hydrogen-bond acceptors (Lipinski definition) is 1. The molecule has 1 N–H and O–H groups in total. The smallest absolute Gasteiger partial charge is 0.300 e. The molecule has 1 aromatic carbocycles. The zero-order chi connectivity index (χ0) is 11.7. The summed E-state index contributed by atoms with van der Waals surface area (Å²) in [5.41, 5.74) is 1.86. The number of nitrogens with one attached hydrogen (secondary N) is 1. The van der Waals surface area contributed by atoms with Gasteiger partial charge in [0, 0.05) is 22.7 Å². The molecule has 2 nitrogen and oxygen atoms in total. The first-order chi connectivity index (χ1) is 7.65. The van der Waals surface area contributed by atoms with E-state index in [0.717, 1.165) is 17.5 Å². The summed E-state index contributed by atoms with van der Waals surface area (Å²) in [4.78, 5) is 14.1. The molecule has 2 aromatic rings. The van der Waals surface area contributed by atoms with Gasteiger partial charge in [0.2, 0.25) is 5.78 Å². The number of para-hydroxylation sites is 1. The molecule has 0 aliphatic rings. The molecule has 0 radical (unpaired) electrons. The Balaban J connectivity index is 2.62. The fourth-order valence-electron chi connectivity index (χ4n) is 1.83. The van der Waals surface area contributed by atoms with E-state index in [-0.39, 0.29) is 5.56 Å². The van der Waals surface area contributed by atoms with E-state index < -0.39 is 12.2 Å². The van der Waals surface area contributed by atoms with Gasteiger partial charge in [-0.2, -0.15) is 0 Å². The maximum atomic E-state index is 12.3. The molecule has 0 fully saturated rings. The molecule has 0 saturated carbocycles. The second kappa shape index (κ2) is 4.04. The summed E-state index contributed by atoms with van der Waals surface area (Å²) < 4.78 is 24.7. The van der Waals surface area contributed by atoms with E-state index in [1.54, 1.807) is 12.1 Å². The molecular formula is C12H11F2NO. The number of benzene rings is 1. The molecule has 2 rings (SSSR count). The number of aromatic amines is 1. The molecule has 0 unspecified atom stereocenters. The number of H-pyrrole nitrogens is 1. The Morgan fingerprint density at radius 2 is 2.19 bits per heavy atom. The number of hydrogen-bond donors (Lipinski definition) is 1. The number of Topliss-reactive ketones (excluding diaryl/α,β-unsaturated/α-hetero) is 1. The van der Waals surface area contributed by atoms with E-state index in [2.05, 4.69) is 4.98 Å². The molecule has 0 aliphatic heterocycles. The topological polar surface area (TPSA) is 32.9 Å². The summed E-state index contributed by atoms with van der Waals surface area (Å²) in [6, 6.07) is 5.37. The van der Waals surface area contributed by atoms with Gasteiger partial charge >= 0.3 is 6.43 Å². The summed E-state index contributed by atoms with van der Waals surface area (Å²) in [6.45, 7) is 1.98. The van der Waals surface area contributed by atoms with Crippen LogP contribution in [0.25, 0.3) is 10.9 Å². The Bertz CT molecular complexity index is 531. The molecule has 1 heterocycles. The van der Waals surface area contributed by atoms with Gasteiger partial charge in [0.05, 0.1) is 0 Å². The Kier molecular flexibility index (Phi) is 2.73. The molecule has 0 saturated heterocycles. The van der Waals surface area contributed by atoms with Crippen molar-refractivity contribution in [1.82, 2.24) is 4.98 Å². The van der Waals surface area contributed by atoms with E-state index in [1.807, 2.05) is 13.0 Å². The quantitative estimate of drug-likeness (QED) is 0.796. The first-order valence-electron chi connectivity index (χ1n) is 5.06. The van der Waals surface area contributed by atoms with Gasteiger partial charge in [-0.15, -0.1) is 0 Å². The Morgan fingerprint density at radius 3 is 2.81 bits per heavy atom. The van der Waals surface area contributed by atoms with Crippen LogP contribution in [0.4, 0.5) is 8.78 Å². The Morgan fingerprint density at radius 1 is 1.44 bits per heavy atom. The van der Waals surface area contributed by atoms with Crippen LogP contribution in [0.5, 0.6) is 0 Å². The second-order valence-corrected chi connectivity index (χ2v) is 3.56. The normalized spacial score (nSPS) is 11.2. The van der Waals surface area contributed by atoms with E-state index in [0.29, 0.717) is 5.39 Å². The monoisotopic (exact) mass is 223 g/mol. The average molecular weight is 223 g/mol. The highest BCUT2D eigenvalue weighted by atomic mass is 19.3. The molecule has 84 valence electrons. The summed E-state index contributed by atoms with van der Waals surface area (Å²) in [7, 11) is 0. The van der Waals surface area contributed by atoms with Crippen molar-refractivity contribution in [1.29, 1.82) is 0 Å². The number of rotatable bonds is 3. The van der Waals surface area contributed by atoms with Crippen LogP contribution in [0.1, 0.15) is 22.8 Å². The van der Waals surface area contributed by atoms with Gasteiger partial charge in [-0.3, -0.25) is 4.79 Å². The van der Waals surface area contributed by atoms with Gasteiger partial charge in [-0.1, -0.05) is 25.1 Å². The predicted octanol–water partition coefficient (Wildman–Crippen LogP) is 3.18. The number of aryl methyl sites for hydroxylation is 1. The van der Waals surface area contributed by atoms with E-state index in [4.69, 9.17) is 0 Å². The third-order valence-electron chi connectivity index (χ3n) is 2.65. The van der Waals surface area contributed by atoms with Crippen LogP contribution >= 0.6 is 0 Å². The van der Waals surface area contributed by atoms with Crippen LogP contribution < -0.4 is 0 Å². The van der Waals surface area contributed by atoms with Crippen LogP contribution in [0, 0.1) is 0 Å². The molecule has 0 spiro atoms. The standard InChI is InChI=1S/C12H11F2NO/c1-2-7-4-3-5-8-9(6-15-10(7)8)11(16)12(13)14/h3-6,12,15H,2H2,1H3. The van der Waals surface area contributed by atoms with E-state index >= 15 is 0 Å². The van der Waals surface area contributed by atoms with Gasteiger partial charge in [0.15, 0.2) is 0 Å². The number of halogens is 2. The maximum Gasteiger partial charge on any atom is 0.300 e. The number of aromatic nitrogens is 1. The highest BCUT2D eigenvalue weighted by Crippen LogP contribution is 2.23. The molecule has 0 atom stereocenters. The van der Waals surface area contributed by atoms with Gasteiger partial charge < -0.3 is 4.98 Å². The summed E-state index contributed by atoms with van der Waals surface area (Å²) in [5.74, 6) is -1.13. The van der Waals surface area contributed by atoms with Crippen molar-refractivity contribution in [3.63, 3.8) is 0 Å². The van der Waals surface area contributed by atoms with Crippen molar-refractivity contribution in [3.8, 4) is 0 Å². The molecule has 0 aliphatic carbocycles. The summed E-state index contributed by atoms with van der Waals surface area (Å²) >= 11 is 0. The molecular weight excluding hydrogens is 212 g/mol. The van der Waals surface area contributed by atoms with E-state index in [9.17, 15) is 13.6 Å². The van der Waals surface area contributed by atoms with Gasteiger partial charge in [0.1, 0.15) is 0 Å². The van der Waals surface area contributed by atoms with Crippen LogP contribution in [0.3, 0.4) is 0 Å². The first kappa shape index (κ1) is 10.8. The van der Waals surface area contributed by atoms with Crippen LogP contribution in [-0.2, 0) is 6.42 Å². The van der Waals surface area contributed by atoms with Crippen LogP contribution in [0.2, 0.25) is 0 Å². The van der Waals surface area contributed by atoms with Crippen molar-refractivity contribution < 1.29 is 13.6 Å². The third kappa shape index (κ3) is 1.60. The average Bonchev–Trinajstić information content (AvgIpc) is 2.71. The highest BCUT2D eigenvalue weighted by molar-refractivity contribution is 6.09. The number of alkyl halides is 2. The van der Waals surface area contributed by atoms with E-state index in [1.165, 1.54) is 6.20 Å². The number of carbonyl (C=O) groups excluding carboxylic acids is 1. The molecule has 0 amide bonds. The van der Waals surface area contributed by atoms with Gasteiger partial charge in [0.25, 0.3) is 0 Å². The second-order valence-electron chi connectivity index (χ2n) is 3.56. The number of carbonyl (C=O) groups is 1.